The van der Waals surface area contributed by atoms with Crippen LogP contribution >= 0.6 is 0 Å². The minimum Gasteiger partial charge on any atom is -0.393 e. The number of hydrogen-bond donors (Lipinski definition) is 1. The molecule has 1 heterocycles. The molecule has 0 bridgehead atoms. The van der Waals surface area contributed by atoms with Crippen LogP contribution in [0.25, 0.3) is 0 Å². The van der Waals surface area contributed by atoms with Gasteiger partial charge in [0.05, 0.1) is 17.3 Å². The van der Waals surface area contributed by atoms with Crippen molar-refractivity contribution in [3.8, 4) is 0 Å². The Hall–Kier alpha value is -0.120. The average Bonchev–Trinajstić information content (AvgIpc) is 2.29. The van der Waals surface area contributed by atoms with E-state index in [0.29, 0.717) is 5.92 Å². The summed E-state index contributed by atoms with van der Waals surface area (Å²) in [6.07, 6.45) is 5.90. The fraction of sp³-hybridized carbons (Fsp3) is 1.00. The van der Waals surface area contributed by atoms with Gasteiger partial charge < -0.3 is 9.84 Å². The van der Waals surface area contributed by atoms with E-state index in [-0.39, 0.29) is 17.3 Å². The van der Waals surface area contributed by atoms with Gasteiger partial charge in [-0.1, -0.05) is 19.8 Å². The SMILES string of the molecule is CCCC1CCC(O)C(CN2CC(C)(C)OC(C)(C)C2)C1. The van der Waals surface area contributed by atoms with E-state index in [1.54, 1.807) is 0 Å². The molecule has 1 aliphatic heterocycles. The van der Waals surface area contributed by atoms with Crippen molar-refractivity contribution in [2.24, 2.45) is 11.8 Å². The van der Waals surface area contributed by atoms with E-state index in [2.05, 4.69) is 39.5 Å². The summed E-state index contributed by atoms with van der Waals surface area (Å²) < 4.78 is 6.16. The van der Waals surface area contributed by atoms with Gasteiger partial charge in [-0.3, -0.25) is 4.90 Å². The number of aliphatic hydroxyl groups excluding tert-OH is 1. The molecular formula is C18H35NO2. The normalized spacial score (nSPS) is 36.6. The van der Waals surface area contributed by atoms with Gasteiger partial charge in [0.2, 0.25) is 0 Å². The van der Waals surface area contributed by atoms with Gasteiger partial charge >= 0.3 is 0 Å². The van der Waals surface area contributed by atoms with Gasteiger partial charge in [-0.15, -0.1) is 0 Å². The number of morpholine rings is 1. The summed E-state index contributed by atoms with van der Waals surface area (Å²) in [6, 6.07) is 0. The highest BCUT2D eigenvalue weighted by atomic mass is 16.5. The monoisotopic (exact) mass is 297 g/mol. The van der Waals surface area contributed by atoms with Crippen LogP contribution in [0.1, 0.15) is 66.7 Å². The molecule has 3 heteroatoms. The molecular weight excluding hydrogens is 262 g/mol. The summed E-state index contributed by atoms with van der Waals surface area (Å²) in [6.45, 7) is 14.0. The molecule has 1 aliphatic carbocycles. The molecule has 0 spiro atoms. The van der Waals surface area contributed by atoms with Gasteiger partial charge in [-0.2, -0.15) is 0 Å². The molecule has 1 saturated heterocycles. The molecule has 3 atom stereocenters. The molecule has 1 saturated carbocycles. The van der Waals surface area contributed by atoms with Crippen LogP contribution < -0.4 is 0 Å². The van der Waals surface area contributed by atoms with E-state index in [4.69, 9.17) is 4.74 Å². The van der Waals surface area contributed by atoms with Crippen molar-refractivity contribution in [3.63, 3.8) is 0 Å². The largest absolute Gasteiger partial charge is 0.393 e. The first-order valence-corrected chi connectivity index (χ1v) is 8.81. The van der Waals surface area contributed by atoms with Gasteiger partial charge in [-0.05, 0) is 58.8 Å². The minimum atomic E-state index is -0.104. The van der Waals surface area contributed by atoms with Crippen LogP contribution in [-0.2, 0) is 4.74 Å². The van der Waals surface area contributed by atoms with E-state index in [0.717, 1.165) is 32.0 Å². The molecule has 0 amide bonds. The quantitative estimate of drug-likeness (QED) is 0.862. The van der Waals surface area contributed by atoms with Gasteiger partial charge in [0.1, 0.15) is 0 Å². The van der Waals surface area contributed by atoms with Crippen molar-refractivity contribution in [2.75, 3.05) is 19.6 Å². The zero-order valence-corrected chi connectivity index (χ0v) is 14.7. The molecule has 0 aromatic carbocycles. The lowest BCUT2D eigenvalue weighted by molar-refractivity contribution is -0.184. The standard InChI is InChI=1S/C18H35NO2/c1-6-7-14-8-9-16(20)15(10-14)11-19-12-17(2,3)21-18(4,5)13-19/h14-16,20H,6-13H2,1-5H3. The highest BCUT2D eigenvalue weighted by molar-refractivity contribution is 4.91. The second kappa shape index (κ2) is 6.55. The molecule has 3 unspecified atom stereocenters. The van der Waals surface area contributed by atoms with Crippen LogP contribution in [0.4, 0.5) is 0 Å². The highest BCUT2D eigenvalue weighted by Gasteiger charge is 2.40. The summed E-state index contributed by atoms with van der Waals surface area (Å²) in [5, 5.41) is 10.4. The van der Waals surface area contributed by atoms with Crippen molar-refractivity contribution >= 4 is 0 Å². The Kier molecular flexibility index (Phi) is 5.38. The smallest absolute Gasteiger partial charge is 0.0760 e. The lowest BCUT2D eigenvalue weighted by atomic mass is 9.77. The maximum atomic E-state index is 10.4. The molecule has 0 aromatic rings. The van der Waals surface area contributed by atoms with Gasteiger partial charge in [0, 0.05) is 19.6 Å². The molecule has 0 aromatic heterocycles. The topological polar surface area (TPSA) is 32.7 Å². The lowest BCUT2D eigenvalue weighted by Crippen LogP contribution is -2.58. The zero-order valence-electron chi connectivity index (χ0n) is 14.7. The van der Waals surface area contributed by atoms with E-state index in [9.17, 15) is 5.11 Å². The third-order valence-electron chi connectivity index (χ3n) is 5.00. The molecule has 1 N–H and O–H groups in total. The number of rotatable bonds is 4. The number of hydrogen-bond acceptors (Lipinski definition) is 3. The molecule has 0 radical (unpaired) electrons. The maximum Gasteiger partial charge on any atom is 0.0760 e. The van der Waals surface area contributed by atoms with Crippen molar-refractivity contribution in [1.29, 1.82) is 0 Å². The fourth-order valence-electron chi connectivity index (χ4n) is 4.62. The molecule has 3 nitrogen and oxygen atoms in total. The minimum absolute atomic E-state index is 0.0931. The predicted molar refractivity (Wildman–Crippen MR) is 87.4 cm³/mol. The second-order valence-electron chi connectivity index (χ2n) is 8.59. The Morgan fingerprint density at radius 3 is 2.29 bits per heavy atom. The first kappa shape index (κ1) is 17.2. The van der Waals surface area contributed by atoms with Crippen molar-refractivity contribution in [2.45, 2.75) is 84.0 Å². The van der Waals surface area contributed by atoms with Crippen LogP contribution in [0.3, 0.4) is 0 Å². The van der Waals surface area contributed by atoms with Crippen LogP contribution in [0.15, 0.2) is 0 Å². The second-order valence-corrected chi connectivity index (χ2v) is 8.59. The Morgan fingerprint density at radius 2 is 1.71 bits per heavy atom. The number of ether oxygens (including phenoxy) is 1. The lowest BCUT2D eigenvalue weighted by Gasteiger charge is -2.49. The van der Waals surface area contributed by atoms with Crippen molar-refractivity contribution < 1.29 is 9.84 Å². The van der Waals surface area contributed by atoms with E-state index in [1.165, 1.54) is 25.7 Å². The van der Waals surface area contributed by atoms with Crippen molar-refractivity contribution in [3.05, 3.63) is 0 Å². The Morgan fingerprint density at radius 1 is 1.10 bits per heavy atom. The third kappa shape index (κ3) is 4.94. The summed E-state index contributed by atoms with van der Waals surface area (Å²) in [7, 11) is 0. The Labute approximate surface area is 131 Å². The molecule has 124 valence electrons. The first-order chi connectivity index (χ1) is 9.71. The number of aliphatic hydroxyl groups is 1. The Balaban J connectivity index is 1.95. The van der Waals surface area contributed by atoms with Crippen LogP contribution in [0, 0.1) is 11.8 Å². The number of nitrogens with zero attached hydrogens (tertiary/aromatic N) is 1. The molecule has 2 aliphatic rings. The first-order valence-electron chi connectivity index (χ1n) is 8.81. The molecule has 2 fully saturated rings. The summed E-state index contributed by atoms with van der Waals surface area (Å²) >= 11 is 0. The molecule has 2 rings (SSSR count). The zero-order chi connectivity index (χ0) is 15.7. The average molecular weight is 297 g/mol. The van der Waals surface area contributed by atoms with Crippen LogP contribution in [0.2, 0.25) is 0 Å². The molecule has 21 heavy (non-hydrogen) atoms. The van der Waals surface area contributed by atoms with Crippen LogP contribution in [0.5, 0.6) is 0 Å². The fourth-order valence-corrected chi connectivity index (χ4v) is 4.62. The third-order valence-corrected chi connectivity index (χ3v) is 5.00. The Bertz CT molecular complexity index is 324. The summed E-state index contributed by atoms with van der Waals surface area (Å²) in [4.78, 5) is 2.52. The highest BCUT2D eigenvalue weighted by Crippen LogP contribution is 2.35. The summed E-state index contributed by atoms with van der Waals surface area (Å²) in [5.41, 5.74) is -0.186. The predicted octanol–water partition coefficient (Wildman–Crippen LogP) is 3.45. The van der Waals surface area contributed by atoms with Gasteiger partial charge in [0.15, 0.2) is 0 Å². The van der Waals surface area contributed by atoms with Crippen LogP contribution in [-0.4, -0.2) is 46.9 Å². The van der Waals surface area contributed by atoms with E-state index < -0.39 is 0 Å². The van der Waals surface area contributed by atoms with E-state index in [1.807, 2.05) is 0 Å². The summed E-state index contributed by atoms with van der Waals surface area (Å²) in [5.74, 6) is 1.27. The van der Waals surface area contributed by atoms with Gasteiger partial charge in [0.25, 0.3) is 0 Å². The van der Waals surface area contributed by atoms with Gasteiger partial charge in [-0.25, -0.2) is 0 Å². The van der Waals surface area contributed by atoms with Crippen molar-refractivity contribution in [1.82, 2.24) is 4.90 Å². The maximum absolute atomic E-state index is 10.4. The van der Waals surface area contributed by atoms with E-state index >= 15 is 0 Å².